The van der Waals surface area contributed by atoms with E-state index in [1.165, 1.54) is 16.7 Å². The van der Waals surface area contributed by atoms with Crippen LogP contribution in [0.2, 0.25) is 0 Å². The topological polar surface area (TPSA) is 24.9 Å². The molecule has 94 valence electrons. The van der Waals surface area contributed by atoms with E-state index in [9.17, 15) is 0 Å². The van der Waals surface area contributed by atoms with Crippen molar-refractivity contribution in [1.29, 1.82) is 0 Å². The van der Waals surface area contributed by atoms with Crippen molar-refractivity contribution in [2.45, 2.75) is 26.3 Å². The van der Waals surface area contributed by atoms with Crippen molar-refractivity contribution in [3.05, 3.63) is 65.0 Å². The smallest absolute Gasteiger partial charge is 0.0592 e. The van der Waals surface area contributed by atoms with Gasteiger partial charge in [-0.05, 0) is 43.1 Å². The molecule has 0 aliphatic heterocycles. The van der Waals surface area contributed by atoms with Crippen LogP contribution in [-0.2, 0) is 6.42 Å². The maximum Gasteiger partial charge on any atom is 0.0592 e. The molecule has 0 aliphatic carbocycles. The van der Waals surface area contributed by atoms with Crippen molar-refractivity contribution >= 4 is 0 Å². The van der Waals surface area contributed by atoms with Crippen LogP contribution in [0, 0.1) is 6.92 Å². The van der Waals surface area contributed by atoms with Gasteiger partial charge in [-0.3, -0.25) is 4.98 Å². The quantitative estimate of drug-likeness (QED) is 0.887. The molecule has 0 saturated carbocycles. The molecule has 2 nitrogen and oxygen atoms in total. The van der Waals surface area contributed by atoms with Gasteiger partial charge < -0.3 is 5.32 Å². The number of aromatic nitrogens is 1. The van der Waals surface area contributed by atoms with E-state index >= 15 is 0 Å². The van der Waals surface area contributed by atoms with Crippen LogP contribution in [-0.4, -0.2) is 12.0 Å². The first-order valence-electron chi connectivity index (χ1n) is 6.44. The molecule has 0 spiro atoms. The van der Waals surface area contributed by atoms with E-state index in [1.807, 2.05) is 19.3 Å². The van der Waals surface area contributed by atoms with Crippen LogP contribution in [0.1, 0.15) is 35.3 Å². The lowest BCUT2D eigenvalue weighted by atomic mass is 9.96. The van der Waals surface area contributed by atoms with Gasteiger partial charge in [0.1, 0.15) is 0 Å². The average molecular weight is 240 g/mol. The van der Waals surface area contributed by atoms with Crippen molar-refractivity contribution in [2.75, 3.05) is 7.05 Å². The Balaban J connectivity index is 2.36. The molecule has 1 heterocycles. The van der Waals surface area contributed by atoms with Crippen molar-refractivity contribution in [3.8, 4) is 0 Å². The lowest BCUT2D eigenvalue weighted by molar-refractivity contribution is 0.682. The van der Waals surface area contributed by atoms with Crippen LogP contribution in [0.25, 0.3) is 0 Å². The number of nitrogens with one attached hydrogen (secondary N) is 1. The Labute approximate surface area is 109 Å². The summed E-state index contributed by atoms with van der Waals surface area (Å²) in [5.41, 5.74) is 4.97. The van der Waals surface area contributed by atoms with Gasteiger partial charge in [0, 0.05) is 11.9 Å². The van der Waals surface area contributed by atoms with Crippen molar-refractivity contribution in [3.63, 3.8) is 0 Å². The summed E-state index contributed by atoms with van der Waals surface area (Å²) < 4.78 is 0. The van der Waals surface area contributed by atoms with E-state index in [0.717, 1.165) is 12.1 Å². The Hall–Kier alpha value is -1.67. The fourth-order valence-corrected chi connectivity index (χ4v) is 2.25. The first-order chi connectivity index (χ1) is 8.76. The molecule has 1 N–H and O–H groups in total. The molecule has 2 rings (SSSR count). The highest BCUT2D eigenvalue weighted by Crippen LogP contribution is 2.23. The molecular formula is C16H20N2. The maximum absolute atomic E-state index is 4.37. The number of hydrogen-bond acceptors (Lipinski definition) is 2. The summed E-state index contributed by atoms with van der Waals surface area (Å²) in [5, 5.41) is 3.37. The first kappa shape index (κ1) is 12.8. The fourth-order valence-electron chi connectivity index (χ4n) is 2.25. The number of hydrogen-bond donors (Lipinski definition) is 1. The van der Waals surface area contributed by atoms with Crippen LogP contribution in [0.15, 0.2) is 42.6 Å². The van der Waals surface area contributed by atoms with Gasteiger partial charge in [0.25, 0.3) is 0 Å². The predicted molar refractivity (Wildman–Crippen MR) is 75.7 cm³/mol. The number of rotatable bonds is 4. The molecule has 2 heteroatoms. The largest absolute Gasteiger partial charge is 0.309 e. The third-order valence-electron chi connectivity index (χ3n) is 3.37. The maximum atomic E-state index is 4.37. The first-order valence-corrected chi connectivity index (χ1v) is 6.44. The standard InChI is InChI=1S/C16H20N2/c1-4-13-7-9-14(10-8-13)16(17-3)15-6-5-11-18-12(15)2/h5-11,16-17H,4H2,1-3H3. The minimum Gasteiger partial charge on any atom is -0.309 e. The number of benzene rings is 1. The molecule has 1 aromatic heterocycles. The molecular weight excluding hydrogens is 220 g/mol. The zero-order chi connectivity index (χ0) is 13.0. The summed E-state index contributed by atoms with van der Waals surface area (Å²) in [6.45, 7) is 4.23. The van der Waals surface area contributed by atoms with Crippen molar-refractivity contribution in [1.82, 2.24) is 10.3 Å². The minimum atomic E-state index is 0.213. The zero-order valence-corrected chi connectivity index (χ0v) is 11.3. The van der Waals surface area contributed by atoms with Crippen LogP contribution < -0.4 is 5.32 Å². The Morgan fingerprint density at radius 3 is 2.44 bits per heavy atom. The molecule has 0 bridgehead atoms. The van der Waals surface area contributed by atoms with Crippen LogP contribution in [0.3, 0.4) is 0 Å². The Kier molecular flexibility index (Phi) is 4.11. The molecule has 1 atom stereocenters. The van der Waals surface area contributed by atoms with Gasteiger partial charge in [-0.15, -0.1) is 0 Å². The molecule has 0 saturated heterocycles. The molecule has 1 aromatic carbocycles. The normalized spacial score (nSPS) is 12.4. The third kappa shape index (κ3) is 2.59. The summed E-state index contributed by atoms with van der Waals surface area (Å²) in [6.07, 6.45) is 2.92. The summed E-state index contributed by atoms with van der Waals surface area (Å²) in [4.78, 5) is 4.37. The van der Waals surface area contributed by atoms with Gasteiger partial charge in [0.15, 0.2) is 0 Å². The van der Waals surface area contributed by atoms with Gasteiger partial charge >= 0.3 is 0 Å². The Bertz CT molecular complexity index is 503. The Morgan fingerprint density at radius 2 is 1.89 bits per heavy atom. The third-order valence-corrected chi connectivity index (χ3v) is 3.37. The number of aryl methyl sites for hydroxylation is 2. The lowest BCUT2D eigenvalue weighted by Crippen LogP contribution is -2.19. The van der Waals surface area contributed by atoms with E-state index in [-0.39, 0.29) is 6.04 Å². The Morgan fingerprint density at radius 1 is 1.17 bits per heavy atom. The molecule has 18 heavy (non-hydrogen) atoms. The molecule has 0 radical (unpaired) electrons. The highest BCUT2D eigenvalue weighted by Gasteiger charge is 2.14. The summed E-state index contributed by atoms with van der Waals surface area (Å²) in [5.74, 6) is 0. The van der Waals surface area contributed by atoms with E-state index < -0.39 is 0 Å². The molecule has 0 aliphatic rings. The van der Waals surface area contributed by atoms with Gasteiger partial charge in [0.2, 0.25) is 0 Å². The van der Waals surface area contributed by atoms with Crippen LogP contribution >= 0.6 is 0 Å². The van der Waals surface area contributed by atoms with Gasteiger partial charge in [-0.1, -0.05) is 37.3 Å². The zero-order valence-electron chi connectivity index (χ0n) is 11.3. The monoisotopic (exact) mass is 240 g/mol. The fraction of sp³-hybridized carbons (Fsp3) is 0.312. The minimum absolute atomic E-state index is 0.213. The van der Waals surface area contributed by atoms with E-state index in [1.54, 1.807) is 0 Å². The highest BCUT2D eigenvalue weighted by molar-refractivity contribution is 5.35. The second-order valence-electron chi connectivity index (χ2n) is 4.49. The van der Waals surface area contributed by atoms with Crippen LogP contribution in [0.5, 0.6) is 0 Å². The average Bonchev–Trinajstić information content (AvgIpc) is 2.42. The van der Waals surface area contributed by atoms with E-state index in [4.69, 9.17) is 0 Å². The number of nitrogens with zero attached hydrogens (tertiary/aromatic N) is 1. The van der Waals surface area contributed by atoms with Crippen molar-refractivity contribution < 1.29 is 0 Å². The molecule has 0 fully saturated rings. The van der Waals surface area contributed by atoms with Gasteiger partial charge in [0.05, 0.1) is 6.04 Å². The second kappa shape index (κ2) is 5.78. The van der Waals surface area contributed by atoms with E-state index in [0.29, 0.717) is 0 Å². The predicted octanol–water partition coefficient (Wildman–Crippen LogP) is 3.26. The summed E-state index contributed by atoms with van der Waals surface area (Å²) >= 11 is 0. The molecule has 2 aromatic rings. The lowest BCUT2D eigenvalue weighted by Gasteiger charge is -2.19. The number of pyridine rings is 1. The molecule has 0 amide bonds. The molecule has 1 unspecified atom stereocenters. The van der Waals surface area contributed by atoms with E-state index in [2.05, 4.69) is 54.5 Å². The summed E-state index contributed by atoms with van der Waals surface area (Å²) in [7, 11) is 1.99. The highest BCUT2D eigenvalue weighted by atomic mass is 14.9. The summed E-state index contributed by atoms with van der Waals surface area (Å²) in [6, 6.07) is 13.1. The second-order valence-corrected chi connectivity index (χ2v) is 4.49. The van der Waals surface area contributed by atoms with Crippen LogP contribution in [0.4, 0.5) is 0 Å². The van der Waals surface area contributed by atoms with Crippen molar-refractivity contribution in [2.24, 2.45) is 0 Å². The van der Waals surface area contributed by atoms with Gasteiger partial charge in [-0.25, -0.2) is 0 Å². The van der Waals surface area contributed by atoms with Gasteiger partial charge in [-0.2, -0.15) is 0 Å². The SMILES string of the molecule is CCc1ccc(C(NC)c2cccnc2C)cc1.